The largest absolute Gasteiger partial charge is 0.315 e. The van der Waals surface area contributed by atoms with Gasteiger partial charge in [0.1, 0.15) is 5.65 Å². The Hall–Kier alpha value is -1.43. The Morgan fingerprint density at radius 1 is 1.18 bits per heavy atom. The van der Waals surface area contributed by atoms with Crippen LogP contribution in [-0.2, 0) is 6.54 Å². The first-order valence-electron chi connectivity index (χ1n) is 8.39. The Morgan fingerprint density at radius 3 is 2.82 bits per heavy atom. The number of aryl methyl sites for hydroxylation is 1. The Kier molecular flexibility index (Phi) is 3.86. The first-order chi connectivity index (χ1) is 10.8. The lowest BCUT2D eigenvalue weighted by Crippen LogP contribution is -2.50. The molecule has 2 fully saturated rings. The molecule has 4 heterocycles. The average molecular weight is 299 g/mol. The molecule has 1 unspecified atom stereocenters. The van der Waals surface area contributed by atoms with Crippen LogP contribution in [0.2, 0.25) is 0 Å². The summed E-state index contributed by atoms with van der Waals surface area (Å²) in [5.74, 6) is 0. The minimum atomic E-state index is 0.764. The smallest absolute Gasteiger partial charge is 0.137 e. The molecule has 22 heavy (non-hydrogen) atoms. The number of imidazole rings is 1. The van der Waals surface area contributed by atoms with Crippen molar-refractivity contribution in [2.45, 2.75) is 25.9 Å². The molecule has 5 nitrogen and oxygen atoms in total. The molecular weight excluding hydrogens is 274 g/mol. The average Bonchev–Trinajstić information content (AvgIpc) is 3.16. The predicted octanol–water partition coefficient (Wildman–Crippen LogP) is 1.12. The number of hydrogen-bond donors (Lipinski definition) is 1. The summed E-state index contributed by atoms with van der Waals surface area (Å²) in [4.78, 5) is 9.93. The fourth-order valence-electron chi connectivity index (χ4n) is 3.70. The van der Waals surface area contributed by atoms with E-state index < -0.39 is 0 Å². The van der Waals surface area contributed by atoms with E-state index in [1.54, 1.807) is 0 Å². The number of hydrogen-bond acceptors (Lipinski definition) is 4. The number of fused-ring (bicyclic) bond motifs is 1. The quantitative estimate of drug-likeness (QED) is 0.921. The highest BCUT2D eigenvalue weighted by Crippen LogP contribution is 2.14. The fraction of sp³-hybridized carbons (Fsp3) is 0.588. The molecule has 0 aromatic carbocycles. The third-order valence-corrected chi connectivity index (χ3v) is 4.99. The van der Waals surface area contributed by atoms with Crippen LogP contribution in [0.5, 0.6) is 0 Å². The molecule has 2 aliphatic rings. The zero-order chi connectivity index (χ0) is 14.9. The third-order valence-electron chi connectivity index (χ3n) is 4.99. The molecule has 0 saturated carbocycles. The van der Waals surface area contributed by atoms with Crippen molar-refractivity contribution in [2.24, 2.45) is 0 Å². The van der Waals surface area contributed by atoms with Crippen molar-refractivity contribution in [3.8, 4) is 0 Å². The second-order valence-corrected chi connectivity index (χ2v) is 6.66. The van der Waals surface area contributed by atoms with Crippen LogP contribution in [0.4, 0.5) is 0 Å². The van der Waals surface area contributed by atoms with Crippen molar-refractivity contribution in [2.75, 3.05) is 39.3 Å². The van der Waals surface area contributed by atoms with Crippen molar-refractivity contribution in [3.05, 3.63) is 35.8 Å². The van der Waals surface area contributed by atoms with E-state index in [1.807, 2.05) is 0 Å². The zero-order valence-corrected chi connectivity index (χ0v) is 13.3. The second-order valence-electron chi connectivity index (χ2n) is 6.66. The van der Waals surface area contributed by atoms with Crippen LogP contribution >= 0.6 is 0 Å². The van der Waals surface area contributed by atoms with Gasteiger partial charge in [0.15, 0.2) is 0 Å². The van der Waals surface area contributed by atoms with Crippen LogP contribution in [0.1, 0.15) is 17.7 Å². The highest BCUT2D eigenvalue weighted by molar-refractivity contribution is 5.41. The molecule has 2 aromatic rings. The summed E-state index contributed by atoms with van der Waals surface area (Å²) in [7, 11) is 0. The van der Waals surface area contributed by atoms with Crippen LogP contribution in [0.3, 0.4) is 0 Å². The molecule has 0 radical (unpaired) electrons. The molecule has 0 bridgehead atoms. The highest BCUT2D eigenvalue weighted by atomic mass is 15.3. The molecular formula is C17H25N5. The van der Waals surface area contributed by atoms with Gasteiger partial charge in [-0.15, -0.1) is 0 Å². The van der Waals surface area contributed by atoms with Crippen LogP contribution in [0.25, 0.3) is 5.65 Å². The number of pyridine rings is 1. The summed E-state index contributed by atoms with van der Waals surface area (Å²) in [5, 5.41) is 3.47. The third kappa shape index (κ3) is 2.89. The lowest BCUT2D eigenvalue weighted by Gasteiger charge is -2.37. The number of nitrogens with zero attached hydrogens (tertiary/aromatic N) is 4. The van der Waals surface area contributed by atoms with Gasteiger partial charge in [-0.05, 0) is 31.5 Å². The molecule has 118 valence electrons. The maximum Gasteiger partial charge on any atom is 0.137 e. The lowest BCUT2D eigenvalue weighted by atomic mass is 10.2. The summed E-state index contributed by atoms with van der Waals surface area (Å²) in [6.45, 7) is 10.1. The standard InChI is InChI=1S/C17H25N5/c1-14-2-3-17-19-15(13-22(17)11-14)12-20-6-8-21(9-7-20)16-4-5-18-10-16/h2-3,11,13,16,18H,4-10,12H2,1H3. The molecule has 5 heteroatoms. The molecule has 1 atom stereocenters. The topological polar surface area (TPSA) is 35.8 Å². The molecule has 1 N–H and O–H groups in total. The van der Waals surface area contributed by atoms with Crippen molar-refractivity contribution in [1.82, 2.24) is 24.5 Å². The second kappa shape index (κ2) is 5.99. The summed E-state index contributed by atoms with van der Waals surface area (Å²) < 4.78 is 2.14. The van der Waals surface area contributed by atoms with Crippen molar-refractivity contribution in [3.63, 3.8) is 0 Å². The first-order valence-corrected chi connectivity index (χ1v) is 8.39. The van der Waals surface area contributed by atoms with Gasteiger partial charge in [0.2, 0.25) is 0 Å². The number of piperazine rings is 1. The van der Waals surface area contributed by atoms with E-state index >= 15 is 0 Å². The number of aromatic nitrogens is 2. The van der Waals surface area contributed by atoms with Crippen molar-refractivity contribution in [1.29, 1.82) is 0 Å². The van der Waals surface area contributed by atoms with Crippen LogP contribution in [0.15, 0.2) is 24.5 Å². The minimum Gasteiger partial charge on any atom is -0.315 e. The van der Waals surface area contributed by atoms with Crippen molar-refractivity contribution < 1.29 is 0 Å². The predicted molar refractivity (Wildman–Crippen MR) is 88.1 cm³/mol. The zero-order valence-electron chi connectivity index (χ0n) is 13.3. The van der Waals surface area contributed by atoms with E-state index in [-0.39, 0.29) is 0 Å². The van der Waals surface area contributed by atoms with E-state index in [0.29, 0.717) is 0 Å². The monoisotopic (exact) mass is 299 g/mol. The first kappa shape index (κ1) is 14.2. The molecule has 0 amide bonds. The van der Waals surface area contributed by atoms with Crippen molar-refractivity contribution >= 4 is 5.65 Å². The van der Waals surface area contributed by atoms with Gasteiger partial charge in [-0.3, -0.25) is 9.80 Å². The SMILES string of the molecule is Cc1ccc2nc(CN3CCN(C4CCNC4)CC3)cn2c1. The Labute approximate surface area is 131 Å². The maximum atomic E-state index is 4.74. The Bertz CT molecular complexity index is 636. The fourth-order valence-corrected chi connectivity index (χ4v) is 3.70. The van der Waals surface area contributed by atoms with Crippen LogP contribution in [-0.4, -0.2) is 64.5 Å². The Morgan fingerprint density at radius 2 is 2.05 bits per heavy atom. The minimum absolute atomic E-state index is 0.764. The molecule has 2 saturated heterocycles. The van der Waals surface area contributed by atoms with Gasteiger partial charge in [-0.1, -0.05) is 6.07 Å². The molecule has 4 rings (SSSR count). The number of rotatable bonds is 3. The van der Waals surface area contributed by atoms with Gasteiger partial charge >= 0.3 is 0 Å². The molecule has 0 spiro atoms. The normalized spacial score (nSPS) is 24.3. The number of nitrogens with one attached hydrogen (secondary N) is 1. The Balaban J connectivity index is 1.37. The maximum absolute atomic E-state index is 4.74. The molecule has 2 aromatic heterocycles. The highest BCUT2D eigenvalue weighted by Gasteiger charge is 2.26. The summed E-state index contributed by atoms with van der Waals surface area (Å²) in [6, 6.07) is 4.99. The van der Waals surface area contributed by atoms with Gasteiger partial charge < -0.3 is 9.72 Å². The summed E-state index contributed by atoms with van der Waals surface area (Å²) >= 11 is 0. The van der Waals surface area contributed by atoms with Gasteiger partial charge in [0, 0.05) is 57.7 Å². The van der Waals surface area contributed by atoms with Crippen LogP contribution < -0.4 is 5.32 Å². The van der Waals surface area contributed by atoms with E-state index in [0.717, 1.165) is 31.3 Å². The van der Waals surface area contributed by atoms with Gasteiger partial charge in [0.05, 0.1) is 5.69 Å². The van der Waals surface area contributed by atoms with E-state index in [4.69, 9.17) is 4.98 Å². The molecule has 0 aliphatic carbocycles. The summed E-state index contributed by atoms with van der Waals surface area (Å²) in [6.07, 6.45) is 5.64. The van der Waals surface area contributed by atoms with E-state index in [1.165, 1.54) is 43.9 Å². The van der Waals surface area contributed by atoms with Crippen LogP contribution in [0, 0.1) is 6.92 Å². The van der Waals surface area contributed by atoms with E-state index in [2.05, 4.69) is 51.0 Å². The summed E-state index contributed by atoms with van der Waals surface area (Å²) in [5.41, 5.74) is 3.51. The molecule has 2 aliphatic heterocycles. The lowest BCUT2D eigenvalue weighted by molar-refractivity contribution is 0.0974. The van der Waals surface area contributed by atoms with Gasteiger partial charge in [-0.2, -0.15) is 0 Å². The van der Waals surface area contributed by atoms with Gasteiger partial charge in [0.25, 0.3) is 0 Å². The van der Waals surface area contributed by atoms with Gasteiger partial charge in [-0.25, -0.2) is 4.98 Å². The van der Waals surface area contributed by atoms with E-state index in [9.17, 15) is 0 Å².